The summed E-state index contributed by atoms with van der Waals surface area (Å²) in [6, 6.07) is 10.0. The Labute approximate surface area is 112 Å². The van der Waals surface area contributed by atoms with E-state index in [0.717, 1.165) is 0 Å². The maximum Gasteiger partial charge on any atom is 0.236 e. The fraction of sp³-hybridized carbons (Fsp3) is 0.385. The zero-order valence-electron chi connectivity index (χ0n) is 10.3. The van der Waals surface area contributed by atoms with E-state index >= 15 is 0 Å². The quantitative estimate of drug-likeness (QED) is 0.825. The molecule has 2 rings (SSSR count). The number of amides is 1. The molecule has 0 radical (unpaired) electrons. The van der Waals surface area contributed by atoms with E-state index in [1.54, 1.807) is 36.4 Å². The van der Waals surface area contributed by atoms with Crippen LogP contribution in [0, 0.1) is 11.3 Å². The molecule has 19 heavy (non-hydrogen) atoms. The minimum atomic E-state index is -3.40. The molecule has 0 spiro atoms. The van der Waals surface area contributed by atoms with Crippen molar-refractivity contribution < 1.29 is 13.2 Å². The first-order valence-corrected chi connectivity index (χ1v) is 7.54. The summed E-state index contributed by atoms with van der Waals surface area (Å²) in [5.74, 6) is -0.298. The molecular formula is C13H14N2O3S. The number of sulfone groups is 1. The van der Waals surface area contributed by atoms with Crippen molar-refractivity contribution in [1.29, 1.82) is 5.26 Å². The summed E-state index contributed by atoms with van der Waals surface area (Å²) >= 11 is 0. The topological polar surface area (TPSA) is 78.2 Å². The minimum absolute atomic E-state index is 0.178. The van der Waals surface area contributed by atoms with Gasteiger partial charge in [0.15, 0.2) is 9.84 Å². The molecule has 1 unspecified atom stereocenters. The third-order valence-electron chi connectivity index (χ3n) is 3.24. The molecular weight excluding hydrogens is 264 g/mol. The van der Waals surface area contributed by atoms with Crippen LogP contribution in [0.25, 0.3) is 0 Å². The Bertz CT molecular complexity index is 605. The predicted molar refractivity (Wildman–Crippen MR) is 68.8 cm³/mol. The highest BCUT2D eigenvalue weighted by Crippen LogP contribution is 2.24. The van der Waals surface area contributed by atoms with Crippen LogP contribution in [-0.4, -0.2) is 37.6 Å². The molecule has 0 bridgehead atoms. The van der Waals surface area contributed by atoms with Crippen LogP contribution >= 0.6 is 0 Å². The predicted octanol–water partition coefficient (Wildman–Crippen LogP) is 0.975. The molecule has 1 aromatic carbocycles. The lowest BCUT2D eigenvalue weighted by atomic mass is 10.4. The van der Waals surface area contributed by atoms with Crippen LogP contribution in [0.5, 0.6) is 0 Å². The Kier molecular flexibility index (Phi) is 3.86. The number of likely N-dealkylation sites (tertiary alicyclic amines) is 1. The highest BCUT2D eigenvalue weighted by molar-refractivity contribution is 7.92. The lowest BCUT2D eigenvalue weighted by Crippen LogP contribution is -2.31. The van der Waals surface area contributed by atoms with Crippen molar-refractivity contribution >= 4 is 15.7 Å². The number of rotatable bonds is 3. The van der Waals surface area contributed by atoms with Gasteiger partial charge in [-0.1, -0.05) is 18.2 Å². The van der Waals surface area contributed by atoms with Gasteiger partial charge < -0.3 is 4.90 Å². The highest BCUT2D eigenvalue weighted by Gasteiger charge is 2.35. The van der Waals surface area contributed by atoms with E-state index in [4.69, 9.17) is 5.26 Å². The van der Waals surface area contributed by atoms with Gasteiger partial charge in [-0.3, -0.25) is 4.79 Å². The van der Waals surface area contributed by atoms with Crippen molar-refractivity contribution in [2.45, 2.75) is 23.0 Å². The molecule has 0 aliphatic carbocycles. The number of nitrogens with zero attached hydrogens (tertiary/aromatic N) is 2. The van der Waals surface area contributed by atoms with Crippen molar-refractivity contribution in [3.63, 3.8) is 0 Å². The Hall–Kier alpha value is -1.87. The van der Waals surface area contributed by atoms with Crippen molar-refractivity contribution in [2.24, 2.45) is 0 Å². The first kappa shape index (κ1) is 13.6. The SMILES string of the molecule is N#CCC(=O)N1CCC(S(=O)(=O)c2ccccc2)C1. The number of hydrogen-bond acceptors (Lipinski definition) is 4. The van der Waals surface area contributed by atoms with Gasteiger partial charge in [0, 0.05) is 13.1 Å². The Balaban J connectivity index is 2.13. The zero-order valence-corrected chi connectivity index (χ0v) is 11.1. The lowest BCUT2D eigenvalue weighted by molar-refractivity contribution is -0.129. The first-order valence-electron chi connectivity index (χ1n) is 5.99. The Morgan fingerprint density at radius 2 is 2.05 bits per heavy atom. The van der Waals surface area contributed by atoms with E-state index < -0.39 is 15.1 Å². The van der Waals surface area contributed by atoms with Crippen LogP contribution in [0.2, 0.25) is 0 Å². The average Bonchev–Trinajstić information content (AvgIpc) is 2.90. The molecule has 1 atom stereocenters. The van der Waals surface area contributed by atoms with Crippen LogP contribution in [0.4, 0.5) is 0 Å². The third-order valence-corrected chi connectivity index (χ3v) is 5.43. The molecule has 1 saturated heterocycles. The van der Waals surface area contributed by atoms with E-state index in [0.29, 0.717) is 13.0 Å². The van der Waals surface area contributed by atoms with Gasteiger partial charge in [0.25, 0.3) is 0 Å². The summed E-state index contributed by atoms with van der Waals surface area (Å²) in [6.45, 7) is 0.578. The largest absolute Gasteiger partial charge is 0.340 e. The normalized spacial score (nSPS) is 19.1. The number of carbonyl (C=O) groups is 1. The fourth-order valence-corrected chi connectivity index (χ4v) is 3.90. The van der Waals surface area contributed by atoms with Gasteiger partial charge in [-0.05, 0) is 18.6 Å². The first-order chi connectivity index (χ1) is 9.05. The van der Waals surface area contributed by atoms with Crippen molar-refractivity contribution in [1.82, 2.24) is 4.90 Å². The van der Waals surface area contributed by atoms with Crippen LogP contribution in [-0.2, 0) is 14.6 Å². The molecule has 1 amide bonds. The van der Waals surface area contributed by atoms with Gasteiger partial charge in [0.05, 0.1) is 16.2 Å². The van der Waals surface area contributed by atoms with Gasteiger partial charge in [-0.2, -0.15) is 5.26 Å². The molecule has 1 aromatic rings. The van der Waals surface area contributed by atoms with Gasteiger partial charge in [0.2, 0.25) is 5.91 Å². The molecule has 1 aliphatic heterocycles. The van der Waals surface area contributed by atoms with Gasteiger partial charge in [-0.25, -0.2) is 8.42 Å². The van der Waals surface area contributed by atoms with E-state index in [1.165, 1.54) is 4.90 Å². The summed E-state index contributed by atoms with van der Waals surface area (Å²) in [7, 11) is -3.40. The summed E-state index contributed by atoms with van der Waals surface area (Å²) < 4.78 is 24.7. The van der Waals surface area contributed by atoms with Crippen LogP contribution in [0.15, 0.2) is 35.2 Å². The molecule has 100 valence electrons. The molecule has 6 heteroatoms. The number of carbonyl (C=O) groups excluding carboxylic acids is 1. The molecule has 0 N–H and O–H groups in total. The van der Waals surface area contributed by atoms with Crippen molar-refractivity contribution in [2.75, 3.05) is 13.1 Å². The van der Waals surface area contributed by atoms with Crippen molar-refractivity contribution in [3.8, 4) is 6.07 Å². The summed E-state index contributed by atoms with van der Waals surface area (Å²) in [4.78, 5) is 13.3. The van der Waals surface area contributed by atoms with Crippen LogP contribution in [0.1, 0.15) is 12.8 Å². The minimum Gasteiger partial charge on any atom is -0.340 e. The zero-order chi connectivity index (χ0) is 13.9. The van der Waals surface area contributed by atoms with Gasteiger partial charge in [0.1, 0.15) is 6.42 Å². The summed E-state index contributed by atoms with van der Waals surface area (Å²) in [6.07, 6.45) is 0.229. The maximum absolute atomic E-state index is 12.4. The van der Waals surface area contributed by atoms with Gasteiger partial charge in [-0.15, -0.1) is 0 Å². The monoisotopic (exact) mass is 278 g/mol. The lowest BCUT2D eigenvalue weighted by Gasteiger charge is -2.15. The summed E-state index contributed by atoms with van der Waals surface area (Å²) in [5, 5.41) is 7.91. The number of nitriles is 1. The Morgan fingerprint density at radius 3 is 2.68 bits per heavy atom. The molecule has 1 aliphatic rings. The molecule has 1 fully saturated rings. The van der Waals surface area contributed by atoms with E-state index in [-0.39, 0.29) is 23.8 Å². The standard InChI is InChI=1S/C13H14N2O3S/c14-8-6-13(16)15-9-7-12(10-15)19(17,18)11-4-2-1-3-5-11/h1-5,12H,6-7,9-10H2. The van der Waals surface area contributed by atoms with Crippen LogP contribution < -0.4 is 0 Å². The second-order valence-electron chi connectivity index (χ2n) is 4.44. The third kappa shape index (κ3) is 2.76. The molecule has 0 saturated carbocycles. The van der Waals surface area contributed by atoms with Crippen molar-refractivity contribution in [3.05, 3.63) is 30.3 Å². The van der Waals surface area contributed by atoms with E-state index in [1.807, 2.05) is 0 Å². The van der Waals surface area contributed by atoms with E-state index in [2.05, 4.69) is 0 Å². The van der Waals surface area contributed by atoms with Crippen LogP contribution in [0.3, 0.4) is 0 Å². The second-order valence-corrected chi connectivity index (χ2v) is 6.67. The number of benzene rings is 1. The molecule has 0 aromatic heterocycles. The molecule has 1 heterocycles. The number of hydrogen-bond donors (Lipinski definition) is 0. The smallest absolute Gasteiger partial charge is 0.236 e. The Morgan fingerprint density at radius 1 is 1.37 bits per heavy atom. The van der Waals surface area contributed by atoms with Gasteiger partial charge >= 0.3 is 0 Å². The maximum atomic E-state index is 12.4. The molecule has 5 nitrogen and oxygen atoms in total. The fourth-order valence-electron chi connectivity index (χ4n) is 2.19. The van der Waals surface area contributed by atoms with E-state index in [9.17, 15) is 13.2 Å². The summed E-state index contributed by atoms with van der Waals surface area (Å²) in [5.41, 5.74) is 0. The average molecular weight is 278 g/mol. The second kappa shape index (κ2) is 5.41. The highest BCUT2D eigenvalue weighted by atomic mass is 32.2.